The Morgan fingerprint density at radius 2 is 1.80 bits per heavy atom. The maximum absolute atomic E-state index is 12.5. The average molecular weight is 425 g/mol. The van der Waals surface area contributed by atoms with Gasteiger partial charge in [-0.15, -0.1) is 0 Å². The zero-order valence-electron chi connectivity index (χ0n) is 16.3. The van der Waals surface area contributed by atoms with Crippen molar-refractivity contribution in [3.05, 3.63) is 41.2 Å². The monoisotopic (exact) mass is 425 g/mol. The molecule has 9 heteroatoms. The summed E-state index contributed by atoms with van der Waals surface area (Å²) < 4.78 is 7.59. The van der Waals surface area contributed by atoms with Crippen LogP contribution in [0, 0.1) is 0 Å². The third kappa shape index (κ3) is 3.76. The first kappa shape index (κ1) is 20.0. The quantitative estimate of drug-likeness (QED) is 0.460. The highest BCUT2D eigenvalue weighted by molar-refractivity contribution is 7.17. The number of carbonyl (C=O) groups is 4. The molecule has 2 aromatic carbocycles. The number of hydrogen-bond acceptors (Lipinski definition) is 6. The summed E-state index contributed by atoms with van der Waals surface area (Å²) in [4.78, 5) is 53.7. The van der Waals surface area contributed by atoms with Crippen LogP contribution in [0.4, 0.5) is 0 Å². The SMILES string of the molecule is CCOC(=O)Cn1c(=NC(=O)CN2C(=O)CCC2=O)sc2c3ccccc3ccc21. The molecule has 0 atom stereocenters. The molecule has 0 unspecified atom stereocenters. The van der Waals surface area contributed by atoms with Gasteiger partial charge in [0.1, 0.15) is 13.1 Å². The van der Waals surface area contributed by atoms with Crippen LogP contribution >= 0.6 is 11.3 Å². The molecule has 0 spiro atoms. The summed E-state index contributed by atoms with van der Waals surface area (Å²) in [6.45, 7) is 1.47. The molecule has 1 fully saturated rings. The summed E-state index contributed by atoms with van der Waals surface area (Å²) in [6, 6.07) is 11.6. The summed E-state index contributed by atoms with van der Waals surface area (Å²) >= 11 is 1.28. The number of imide groups is 1. The predicted octanol–water partition coefficient (Wildman–Crippen LogP) is 2.00. The van der Waals surface area contributed by atoms with Crippen LogP contribution in [-0.2, 0) is 30.5 Å². The molecule has 154 valence electrons. The van der Waals surface area contributed by atoms with Gasteiger partial charge in [0.15, 0.2) is 4.80 Å². The van der Waals surface area contributed by atoms with Crippen molar-refractivity contribution in [2.24, 2.45) is 4.99 Å². The minimum absolute atomic E-state index is 0.0974. The average Bonchev–Trinajstić information content (AvgIpc) is 3.23. The molecule has 3 amide bonds. The molecule has 3 aromatic rings. The van der Waals surface area contributed by atoms with Gasteiger partial charge in [0.25, 0.3) is 5.91 Å². The lowest BCUT2D eigenvalue weighted by molar-refractivity contribution is -0.144. The topological polar surface area (TPSA) is 98.0 Å². The molecule has 1 aliphatic heterocycles. The first-order valence-corrected chi connectivity index (χ1v) is 10.4. The molecule has 1 aromatic heterocycles. The zero-order chi connectivity index (χ0) is 21.3. The van der Waals surface area contributed by atoms with E-state index in [9.17, 15) is 19.2 Å². The van der Waals surface area contributed by atoms with Crippen LogP contribution in [0.15, 0.2) is 41.4 Å². The minimum Gasteiger partial charge on any atom is -0.465 e. The van der Waals surface area contributed by atoms with E-state index in [1.807, 2.05) is 36.4 Å². The van der Waals surface area contributed by atoms with Crippen LogP contribution in [-0.4, -0.2) is 46.3 Å². The molecule has 4 rings (SSSR count). The second kappa shape index (κ2) is 8.19. The van der Waals surface area contributed by atoms with Crippen LogP contribution < -0.4 is 4.80 Å². The zero-order valence-corrected chi connectivity index (χ0v) is 17.1. The molecule has 0 bridgehead atoms. The van der Waals surface area contributed by atoms with Gasteiger partial charge in [-0.3, -0.25) is 24.1 Å². The molecule has 0 radical (unpaired) electrons. The number of thiazole rings is 1. The summed E-state index contributed by atoms with van der Waals surface area (Å²) in [5.41, 5.74) is 0.756. The molecule has 1 saturated heterocycles. The predicted molar refractivity (Wildman–Crippen MR) is 110 cm³/mol. The van der Waals surface area contributed by atoms with E-state index in [4.69, 9.17) is 4.74 Å². The number of esters is 1. The van der Waals surface area contributed by atoms with Gasteiger partial charge >= 0.3 is 5.97 Å². The fraction of sp³-hybridized carbons (Fsp3) is 0.286. The third-order valence-electron chi connectivity index (χ3n) is 4.83. The van der Waals surface area contributed by atoms with E-state index in [0.29, 0.717) is 4.80 Å². The van der Waals surface area contributed by atoms with E-state index in [-0.39, 0.29) is 37.8 Å². The van der Waals surface area contributed by atoms with E-state index >= 15 is 0 Å². The van der Waals surface area contributed by atoms with Gasteiger partial charge in [-0.2, -0.15) is 4.99 Å². The second-order valence-corrected chi connectivity index (χ2v) is 7.77. The number of amides is 3. The molecule has 1 aliphatic rings. The molecular formula is C21H19N3O5S. The Morgan fingerprint density at radius 3 is 2.53 bits per heavy atom. The Labute approximate surface area is 175 Å². The first-order valence-electron chi connectivity index (χ1n) is 9.55. The molecule has 0 saturated carbocycles. The van der Waals surface area contributed by atoms with E-state index in [0.717, 1.165) is 25.9 Å². The van der Waals surface area contributed by atoms with Crippen LogP contribution in [0.1, 0.15) is 19.8 Å². The van der Waals surface area contributed by atoms with E-state index in [1.54, 1.807) is 11.5 Å². The number of fused-ring (bicyclic) bond motifs is 3. The second-order valence-electron chi connectivity index (χ2n) is 6.79. The van der Waals surface area contributed by atoms with Gasteiger partial charge in [-0.25, -0.2) is 0 Å². The fourth-order valence-electron chi connectivity index (χ4n) is 3.45. The lowest BCUT2D eigenvalue weighted by Gasteiger charge is -2.10. The third-order valence-corrected chi connectivity index (χ3v) is 5.96. The fourth-order valence-corrected chi connectivity index (χ4v) is 4.63. The number of rotatable bonds is 5. The van der Waals surface area contributed by atoms with E-state index in [2.05, 4.69) is 4.99 Å². The van der Waals surface area contributed by atoms with Gasteiger partial charge in [0.2, 0.25) is 11.8 Å². The van der Waals surface area contributed by atoms with Gasteiger partial charge in [0.05, 0.1) is 16.8 Å². The summed E-state index contributed by atoms with van der Waals surface area (Å²) in [6.07, 6.45) is 0.230. The normalized spacial score (nSPS) is 14.8. The Bertz CT molecular complexity index is 1240. The smallest absolute Gasteiger partial charge is 0.326 e. The van der Waals surface area contributed by atoms with Crippen LogP contribution in [0.5, 0.6) is 0 Å². The molecule has 8 nitrogen and oxygen atoms in total. The van der Waals surface area contributed by atoms with Crippen LogP contribution in [0.2, 0.25) is 0 Å². The maximum Gasteiger partial charge on any atom is 0.326 e. The van der Waals surface area contributed by atoms with Crippen molar-refractivity contribution in [2.75, 3.05) is 13.2 Å². The van der Waals surface area contributed by atoms with Crippen molar-refractivity contribution in [2.45, 2.75) is 26.3 Å². The van der Waals surface area contributed by atoms with Crippen LogP contribution in [0.25, 0.3) is 21.0 Å². The van der Waals surface area contributed by atoms with Crippen molar-refractivity contribution in [1.82, 2.24) is 9.47 Å². The van der Waals surface area contributed by atoms with Crippen molar-refractivity contribution in [3.63, 3.8) is 0 Å². The van der Waals surface area contributed by atoms with E-state index < -0.39 is 18.4 Å². The van der Waals surface area contributed by atoms with Gasteiger partial charge in [0, 0.05) is 18.2 Å². The maximum atomic E-state index is 12.5. The lowest BCUT2D eigenvalue weighted by Crippen LogP contribution is -2.34. The summed E-state index contributed by atoms with van der Waals surface area (Å²) in [7, 11) is 0. The Balaban J connectivity index is 1.80. The number of nitrogens with zero attached hydrogens (tertiary/aromatic N) is 3. The highest BCUT2D eigenvalue weighted by Crippen LogP contribution is 2.27. The standard InChI is InChI=1S/C21H19N3O5S/c1-2-29-19(28)12-23-15-8-7-13-5-3-4-6-14(13)20(15)30-21(23)22-16(25)11-24-17(26)9-10-18(24)27/h3-8H,2,9-12H2,1H3. The minimum atomic E-state index is -0.618. The Kier molecular flexibility index (Phi) is 5.45. The highest BCUT2D eigenvalue weighted by Gasteiger charge is 2.30. The largest absolute Gasteiger partial charge is 0.465 e. The number of likely N-dealkylation sites (tertiary alicyclic amines) is 1. The van der Waals surface area contributed by atoms with Gasteiger partial charge < -0.3 is 9.30 Å². The molecule has 0 aliphatic carbocycles. The number of hydrogen-bond donors (Lipinski definition) is 0. The number of aromatic nitrogens is 1. The summed E-state index contributed by atoms with van der Waals surface area (Å²) in [5, 5.41) is 2.01. The van der Waals surface area contributed by atoms with Crippen molar-refractivity contribution in [1.29, 1.82) is 0 Å². The lowest BCUT2D eigenvalue weighted by atomic mass is 10.1. The molecule has 30 heavy (non-hydrogen) atoms. The van der Waals surface area contributed by atoms with Crippen LogP contribution in [0.3, 0.4) is 0 Å². The first-order chi connectivity index (χ1) is 14.5. The Morgan fingerprint density at radius 1 is 1.07 bits per heavy atom. The molecular weight excluding hydrogens is 406 g/mol. The Hall–Kier alpha value is -3.33. The molecule has 0 N–H and O–H groups in total. The summed E-state index contributed by atoms with van der Waals surface area (Å²) in [5.74, 6) is -1.80. The number of carbonyl (C=O) groups excluding carboxylic acids is 4. The number of benzene rings is 2. The van der Waals surface area contributed by atoms with Gasteiger partial charge in [-0.05, 0) is 18.4 Å². The van der Waals surface area contributed by atoms with Gasteiger partial charge in [-0.1, -0.05) is 41.7 Å². The van der Waals surface area contributed by atoms with E-state index in [1.165, 1.54) is 11.3 Å². The van der Waals surface area contributed by atoms with Crippen molar-refractivity contribution >= 4 is 56.0 Å². The molecule has 2 heterocycles. The number of ether oxygens (including phenoxy) is 1. The van der Waals surface area contributed by atoms with Crippen molar-refractivity contribution in [3.8, 4) is 0 Å². The highest BCUT2D eigenvalue weighted by atomic mass is 32.1. The van der Waals surface area contributed by atoms with Crippen molar-refractivity contribution < 1.29 is 23.9 Å².